The largest absolute Gasteiger partial charge is 0.495 e. The monoisotopic (exact) mass is 316 g/mol. The number of ether oxygens (including phenoxy) is 1. The lowest BCUT2D eigenvalue weighted by molar-refractivity contribution is -0.143. The zero-order valence-corrected chi connectivity index (χ0v) is 12.7. The van der Waals surface area contributed by atoms with Gasteiger partial charge < -0.3 is 9.84 Å². The average Bonchev–Trinajstić information content (AvgIpc) is 2.87. The van der Waals surface area contributed by atoms with Gasteiger partial charge in [-0.2, -0.15) is 0 Å². The van der Waals surface area contributed by atoms with E-state index in [1.807, 2.05) is 0 Å². The molecule has 0 radical (unpaired) electrons. The van der Waals surface area contributed by atoms with Gasteiger partial charge in [-0.3, -0.25) is 4.79 Å². The second-order valence-electron chi connectivity index (χ2n) is 5.35. The summed E-state index contributed by atoms with van der Waals surface area (Å²) in [6.45, 7) is 0. The number of halogens is 1. The van der Waals surface area contributed by atoms with E-state index in [2.05, 4.69) is 0 Å². The van der Waals surface area contributed by atoms with Gasteiger partial charge in [-0.1, -0.05) is 12.8 Å². The second kappa shape index (κ2) is 5.29. The van der Waals surface area contributed by atoms with Gasteiger partial charge in [0.15, 0.2) is 9.84 Å². The number of methoxy groups -OCH3 is 1. The Balaban J connectivity index is 2.80. The summed E-state index contributed by atoms with van der Waals surface area (Å²) >= 11 is 0. The molecule has 21 heavy (non-hydrogen) atoms. The first-order valence-corrected chi connectivity index (χ1v) is 8.43. The Morgan fingerprint density at radius 1 is 1.33 bits per heavy atom. The normalized spacial score (nSPS) is 17.7. The number of aliphatic carboxylic acids is 1. The summed E-state index contributed by atoms with van der Waals surface area (Å²) < 4.78 is 42.6. The number of carboxylic acids is 1. The molecule has 0 amide bonds. The maximum Gasteiger partial charge on any atom is 0.314 e. The summed E-state index contributed by atoms with van der Waals surface area (Å²) in [6, 6.07) is 1.94. The first-order chi connectivity index (χ1) is 9.72. The Morgan fingerprint density at radius 3 is 2.33 bits per heavy atom. The molecular weight excluding hydrogens is 299 g/mol. The third-order valence-electron chi connectivity index (χ3n) is 4.01. The number of hydrogen-bond acceptors (Lipinski definition) is 4. The summed E-state index contributed by atoms with van der Waals surface area (Å²) in [6.07, 6.45) is 3.01. The Morgan fingerprint density at radius 2 is 1.90 bits per heavy atom. The van der Waals surface area contributed by atoms with Crippen molar-refractivity contribution >= 4 is 15.8 Å². The van der Waals surface area contributed by atoms with Crippen molar-refractivity contribution in [3.8, 4) is 5.75 Å². The van der Waals surface area contributed by atoms with Crippen LogP contribution in [0.15, 0.2) is 17.0 Å². The van der Waals surface area contributed by atoms with Crippen LogP contribution in [0.1, 0.15) is 31.2 Å². The van der Waals surface area contributed by atoms with Gasteiger partial charge in [-0.05, 0) is 25.0 Å². The SMILES string of the molecule is COc1c(C2(C(=O)O)CCCC2)cc(F)cc1S(C)(=O)=O. The van der Waals surface area contributed by atoms with E-state index in [1.54, 1.807) is 0 Å². The maximum atomic E-state index is 13.8. The molecule has 0 bridgehead atoms. The molecule has 0 atom stereocenters. The van der Waals surface area contributed by atoms with Gasteiger partial charge in [0.2, 0.25) is 0 Å². The lowest BCUT2D eigenvalue weighted by atomic mass is 9.78. The van der Waals surface area contributed by atoms with Crippen LogP contribution >= 0.6 is 0 Å². The molecule has 1 aromatic rings. The van der Waals surface area contributed by atoms with Crippen molar-refractivity contribution in [3.63, 3.8) is 0 Å². The van der Waals surface area contributed by atoms with Crippen LogP contribution in [0.3, 0.4) is 0 Å². The Kier molecular flexibility index (Phi) is 3.97. The van der Waals surface area contributed by atoms with Crippen molar-refractivity contribution in [2.24, 2.45) is 0 Å². The summed E-state index contributed by atoms with van der Waals surface area (Å²) in [5.41, 5.74) is -1.18. The minimum absolute atomic E-state index is 0.0665. The zero-order valence-electron chi connectivity index (χ0n) is 11.8. The van der Waals surface area contributed by atoms with Crippen LogP contribution in [0.2, 0.25) is 0 Å². The van der Waals surface area contributed by atoms with Gasteiger partial charge in [0.25, 0.3) is 0 Å². The number of carboxylic acid groups (broad SMARTS) is 1. The second-order valence-corrected chi connectivity index (χ2v) is 7.34. The number of hydrogen-bond donors (Lipinski definition) is 1. The number of carbonyl (C=O) groups is 1. The van der Waals surface area contributed by atoms with Gasteiger partial charge in [-0.15, -0.1) is 0 Å². The molecule has 7 heteroatoms. The lowest BCUT2D eigenvalue weighted by Crippen LogP contribution is -2.33. The zero-order chi connectivity index (χ0) is 15.8. The molecule has 116 valence electrons. The van der Waals surface area contributed by atoms with Crippen LogP contribution in [0.4, 0.5) is 4.39 Å². The van der Waals surface area contributed by atoms with Crippen LogP contribution in [0.5, 0.6) is 5.75 Å². The molecule has 1 aromatic carbocycles. The molecule has 1 fully saturated rings. The summed E-state index contributed by atoms with van der Waals surface area (Å²) in [7, 11) is -2.47. The fourth-order valence-corrected chi connectivity index (χ4v) is 3.84. The molecule has 0 aromatic heterocycles. The van der Waals surface area contributed by atoms with Crippen LogP contribution in [-0.4, -0.2) is 32.9 Å². The highest BCUT2D eigenvalue weighted by Crippen LogP contribution is 2.47. The Bertz CT molecular complexity index is 675. The smallest absolute Gasteiger partial charge is 0.314 e. The van der Waals surface area contributed by atoms with E-state index in [0.717, 1.165) is 18.4 Å². The third kappa shape index (κ3) is 2.62. The molecule has 0 aliphatic heterocycles. The minimum Gasteiger partial charge on any atom is -0.495 e. The molecule has 1 aliphatic rings. The highest BCUT2D eigenvalue weighted by atomic mass is 32.2. The van der Waals surface area contributed by atoms with E-state index in [9.17, 15) is 22.7 Å². The predicted molar refractivity (Wildman–Crippen MR) is 73.8 cm³/mol. The van der Waals surface area contributed by atoms with Crippen molar-refractivity contribution in [2.75, 3.05) is 13.4 Å². The maximum absolute atomic E-state index is 13.8. The molecular formula is C14H17FO5S. The molecule has 1 saturated carbocycles. The number of sulfone groups is 1. The first-order valence-electron chi connectivity index (χ1n) is 6.54. The minimum atomic E-state index is -3.73. The molecule has 1 aliphatic carbocycles. The Hall–Kier alpha value is -1.63. The van der Waals surface area contributed by atoms with Crippen molar-refractivity contribution in [1.29, 1.82) is 0 Å². The average molecular weight is 316 g/mol. The van der Waals surface area contributed by atoms with Crippen LogP contribution < -0.4 is 4.74 Å². The predicted octanol–water partition coefficient (Wildman–Crippen LogP) is 2.13. The van der Waals surface area contributed by atoms with Gasteiger partial charge >= 0.3 is 5.97 Å². The van der Waals surface area contributed by atoms with E-state index in [4.69, 9.17) is 4.74 Å². The quantitative estimate of drug-likeness (QED) is 0.920. The van der Waals surface area contributed by atoms with Crippen LogP contribution in [0, 0.1) is 5.82 Å². The number of benzene rings is 1. The molecule has 1 N–H and O–H groups in total. The van der Waals surface area contributed by atoms with E-state index < -0.39 is 27.0 Å². The fraction of sp³-hybridized carbons (Fsp3) is 0.500. The standard InChI is InChI=1S/C14H17FO5S/c1-20-12-10(14(13(16)17)5-3-4-6-14)7-9(15)8-11(12)21(2,18)19/h7-8H,3-6H2,1-2H3,(H,16,17). The van der Waals surface area contributed by atoms with Crippen molar-refractivity contribution in [2.45, 2.75) is 36.0 Å². The highest BCUT2D eigenvalue weighted by molar-refractivity contribution is 7.90. The van der Waals surface area contributed by atoms with E-state index in [0.29, 0.717) is 25.7 Å². The lowest BCUT2D eigenvalue weighted by Gasteiger charge is -2.27. The van der Waals surface area contributed by atoms with Gasteiger partial charge in [0, 0.05) is 11.8 Å². The van der Waals surface area contributed by atoms with Crippen molar-refractivity contribution < 1.29 is 27.4 Å². The molecule has 0 saturated heterocycles. The van der Waals surface area contributed by atoms with E-state index in [-0.39, 0.29) is 16.2 Å². The van der Waals surface area contributed by atoms with Gasteiger partial charge in [-0.25, -0.2) is 12.8 Å². The molecule has 5 nitrogen and oxygen atoms in total. The van der Waals surface area contributed by atoms with Crippen molar-refractivity contribution in [3.05, 3.63) is 23.5 Å². The number of rotatable bonds is 4. The van der Waals surface area contributed by atoms with Gasteiger partial charge in [0.1, 0.15) is 16.5 Å². The van der Waals surface area contributed by atoms with Crippen molar-refractivity contribution in [1.82, 2.24) is 0 Å². The van der Waals surface area contributed by atoms with E-state index >= 15 is 0 Å². The van der Waals surface area contributed by atoms with Crippen LogP contribution in [0.25, 0.3) is 0 Å². The third-order valence-corrected chi connectivity index (χ3v) is 5.11. The molecule has 2 rings (SSSR count). The van der Waals surface area contributed by atoms with Gasteiger partial charge in [0.05, 0.1) is 12.5 Å². The molecule has 0 heterocycles. The highest BCUT2D eigenvalue weighted by Gasteiger charge is 2.46. The topological polar surface area (TPSA) is 80.7 Å². The molecule has 0 spiro atoms. The molecule has 0 unspecified atom stereocenters. The first kappa shape index (κ1) is 15.8. The van der Waals surface area contributed by atoms with E-state index in [1.165, 1.54) is 7.11 Å². The summed E-state index contributed by atoms with van der Waals surface area (Å²) in [4.78, 5) is 11.4. The van der Waals surface area contributed by atoms with Crippen LogP contribution in [-0.2, 0) is 20.0 Å². The summed E-state index contributed by atoms with van der Waals surface area (Å²) in [5, 5.41) is 9.59. The Labute approximate surface area is 122 Å². The summed E-state index contributed by atoms with van der Waals surface area (Å²) in [5.74, 6) is -1.93. The fourth-order valence-electron chi connectivity index (χ4n) is 2.99.